The van der Waals surface area contributed by atoms with Gasteiger partial charge in [-0.3, -0.25) is 0 Å². The highest BCUT2D eigenvalue weighted by Gasteiger charge is 2.19. The third-order valence-corrected chi connectivity index (χ3v) is 4.16. The SMILES string of the molecule is CCOC(=O)C1=C(NCCC2=CCCCC2)CCCC1. The molecule has 112 valence electrons. The average Bonchev–Trinajstić information content (AvgIpc) is 2.49. The largest absolute Gasteiger partial charge is 0.463 e. The molecule has 0 aromatic carbocycles. The van der Waals surface area contributed by atoms with E-state index >= 15 is 0 Å². The Morgan fingerprint density at radius 3 is 2.75 bits per heavy atom. The summed E-state index contributed by atoms with van der Waals surface area (Å²) in [4.78, 5) is 11.9. The molecule has 0 bridgehead atoms. The van der Waals surface area contributed by atoms with Crippen molar-refractivity contribution in [3.8, 4) is 0 Å². The number of ether oxygens (including phenoxy) is 1. The zero-order valence-corrected chi connectivity index (χ0v) is 12.7. The molecule has 0 radical (unpaired) electrons. The van der Waals surface area contributed by atoms with E-state index in [1.807, 2.05) is 6.92 Å². The molecule has 3 heteroatoms. The lowest BCUT2D eigenvalue weighted by molar-refractivity contribution is -0.138. The summed E-state index contributed by atoms with van der Waals surface area (Å²) in [7, 11) is 0. The predicted molar refractivity (Wildman–Crippen MR) is 81.3 cm³/mol. The molecule has 0 unspecified atom stereocenters. The fourth-order valence-electron chi connectivity index (χ4n) is 3.05. The van der Waals surface area contributed by atoms with Gasteiger partial charge >= 0.3 is 5.97 Å². The van der Waals surface area contributed by atoms with Crippen LogP contribution in [0, 0.1) is 0 Å². The Labute approximate surface area is 122 Å². The van der Waals surface area contributed by atoms with Gasteiger partial charge in [0.2, 0.25) is 0 Å². The van der Waals surface area contributed by atoms with E-state index in [1.54, 1.807) is 5.57 Å². The highest BCUT2D eigenvalue weighted by atomic mass is 16.5. The number of hydrogen-bond donors (Lipinski definition) is 1. The minimum atomic E-state index is -0.119. The Morgan fingerprint density at radius 2 is 2.00 bits per heavy atom. The lowest BCUT2D eigenvalue weighted by atomic mass is 9.95. The van der Waals surface area contributed by atoms with Crippen LogP contribution in [0.15, 0.2) is 22.9 Å². The topological polar surface area (TPSA) is 38.3 Å². The van der Waals surface area contributed by atoms with E-state index in [2.05, 4.69) is 11.4 Å². The Hall–Kier alpha value is -1.25. The fraction of sp³-hybridized carbons (Fsp3) is 0.706. The van der Waals surface area contributed by atoms with E-state index in [4.69, 9.17) is 4.74 Å². The van der Waals surface area contributed by atoms with Crippen molar-refractivity contribution in [3.05, 3.63) is 22.9 Å². The third kappa shape index (κ3) is 4.39. The van der Waals surface area contributed by atoms with Crippen molar-refractivity contribution in [2.24, 2.45) is 0 Å². The summed E-state index contributed by atoms with van der Waals surface area (Å²) in [6.07, 6.45) is 12.8. The molecule has 3 nitrogen and oxygen atoms in total. The van der Waals surface area contributed by atoms with Crippen LogP contribution in [0.2, 0.25) is 0 Å². The van der Waals surface area contributed by atoms with Crippen molar-refractivity contribution < 1.29 is 9.53 Å². The quantitative estimate of drug-likeness (QED) is 0.592. The zero-order chi connectivity index (χ0) is 14.2. The van der Waals surface area contributed by atoms with Gasteiger partial charge in [0.25, 0.3) is 0 Å². The third-order valence-electron chi connectivity index (χ3n) is 4.16. The molecule has 0 saturated carbocycles. The number of esters is 1. The van der Waals surface area contributed by atoms with Crippen molar-refractivity contribution in [1.82, 2.24) is 5.32 Å². The number of carbonyl (C=O) groups is 1. The van der Waals surface area contributed by atoms with Crippen LogP contribution < -0.4 is 5.32 Å². The molecule has 0 heterocycles. The van der Waals surface area contributed by atoms with E-state index in [0.29, 0.717) is 6.61 Å². The second-order valence-electron chi connectivity index (χ2n) is 5.67. The summed E-state index contributed by atoms with van der Waals surface area (Å²) in [5.41, 5.74) is 3.60. The first-order chi connectivity index (χ1) is 9.81. The number of carbonyl (C=O) groups excluding carboxylic acids is 1. The van der Waals surface area contributed by atoms with Crippen molar-refractivity contribution in [1.29, 1.82) is 0 Å². The lowest BCUT2D eigenvalue weighted by Crippen LogP contribution is -2.23. The Morgan fingerprint density at radius 1 is 1.20 bits per heavy atom. The standard InChI is InChI=1S/C17H27NO2/c1-2-20-17(19)15-10-6-7-11-16(15)18-13-12-14-8-4-3-5-9-14/h8,18H,2-7,9-13H2,1H3. The first-order valence-electron chi connectivity index (χ1n) is 8.12. The molecule has 20 heavy (non-hydrogen) atoms. The molecule has 2 aliphatic rings. The minimum Gasteiger partial charge on any atom is -0.463 e. The molecule has 0 spiro atoms. The monoisotopic (exact) mass is 277 g/mol. The van der Waals surface area contributed by atoms with Crippen molar-refractivity contribution in [2.45, 2.75) is 64.7 Å². The molecule has 0 aromatic heterocycles. The predicted octanol–water partition coefficient (Wildman–Crippen LogP) is 3.86. The molecule has 2 rings (SSSR count). The van der Waals surface area contributed by atoms with Crippen LogP contribution in [-0.2, 0) is 9.53 Å². The zero-order valence-electron chi connectivity index (χ0n) is 12.7. The normalized spacial score (nSPS) is 19.6. The average molecular weight is 277 g/mol. The second kappa shape index (κ2) is 8.13. The summed E-state index contributed by atoms with van der Waals surface area (Å²) >= 11 is 0. The highest BCUT2D eigenvalue weighted by molar-refractivity contribution is 5.89. The molecule has 2 aliphatic carbocycles. The van der Waals surface area contributed by atoms with Crippen LogP contribution in [0.3, 0.4) is 0 Å². The summed E-state index contributed by atoms with van der Waals surface area (Å²) < 4.78 is 5.16. The van der Waals surface area contributed by atoms with Crippen molar-refractivity contribution in [2.75, 3.05) is 13.2 Å². The van der Waals surface area contributed by atoms with E-state index in [0.717, 1.165) is 43.5 Å². The number of allylic oxidation sites excluding steroid dienone is 2. The van der Waals surface area contributed by atoms with Gasteiger partial charge in [0, 0.05) is 12.2 Å². The maximum absolute atomic E-state index is 11.9. The van der Waals surface area contributed by atoms with E-state index < -0.39 is 0 Å². The Balaban J connectivity index is 1.87. The van der Waals surface area contributed by atoms with Gasteiger partial charge in [-0.1, -0.05) is 11.6 Å². The first kappa shape index (κ1) is 15.1. The van der Waals surface area contributed by atoms with Gasteiger partial charge in [-0.15, -0.1) is 0 Å². The molecule has 0 aromatic rings. The minimum absolute atomic E-state index is 0.119. The van der Waals surface area contributed by atoms with Crippen LogP contribution in [0.25, 0.3) is 0 Å². The van der Waals surface area contributed by atoms with E-state index in [-0.39, 0.29) is 5.97 Å². The first-order valence-corrected chi connectivity index (χ1v) is 8.12. The van der Waals surface area contributed by atoms with E-state index in [1.165, 1.54) is 32.1 Å². The molecular formula is C17H27NO2. The molecule has 0 saturated heterocycles. The molecule has 0 fully saturated rings. The maximum Gasteiger partial charge on any atom is 0.335 e. The van der Waals surface area contributed by atoms with Gasteiger partial charge in [0.1, 0.15) is 0 Å². The van der Waals surface area contributed by atoms with Crippen LogP contribution >= 0.6 is 0 Å². The molecule has 0 atom stereocenters. The molecular weight excluding hydrogens is 250 g/mol. The number of hydrogen-bond acceptors (Lipinski definition) is 3. The number of rotatable bonds is 6. The van der Waals surface area contributed by atoms with Gasteiger partial charge in [0.15, 0.2) is 0 Å². The lowest BCUT2D eigenvalue weighted by Gasteiger charge is -2.21. The Kier molecular flexibility index (Phi) is 6.16. The second-order valence-corrected chi connectivity index (χ2v) is 5.67. The maximum atomic E-state index is 11.9. The van der Waals surface area contributed by atoms with Gasteiger partial charge < -0.3 is 10.1 Å². The molecule has 0 amide bonds. The van der Waals surface area contributed by atoms with Gasteiger partial charge in [-0.2, -0.15) is 0 Å². The van der Waals surface area contributed by atoms with E-state index in [9.17, 15) is 4.79 Å². The highest BCUT2D eigenvalue weighted by Crippen LogP contribution is 2.25. The Bertz CT molecular complexity index is 396. The molecule has 1 N–H and O–H groups in total. The van der Waals surface area contributed by atoms with Crippen molar-refractivity contribution >= 4 is 5.97 Å². The van der Waals surface area contributed by atoms with Gasteiger partial charge in [-0.05, 0) is 64.7 Å². The summed E-state index contributed by atoms with van der Waals surface area (Å²) in [6, 6.07) is 0. The summed E-state index contributed by atoms with van der Waals surface area (Å²) in [5.74, 6) is -0.119. The summed E-state index contributed by atoms with van der Waals surface area (Å²) in [5, 5.41) is 3.50. The van der Waals surface area contributed by atoms with Crippen LogP contribution in [-0.4, -0.2) is 19.1 Å². The van der Waals surface area contributed by atoms with Crippen molar-refractivity contribution in [3.63, 3.8) is 0 Å². The van der Waals surface area contributed by atoms with Gasteiger partial charge in [0.05, 0.1) is 12.2 Å². The fourth-order valence-corrected chi connectivity index (χ4v) is 3.05. The van der Waals surface area contributed by atoms with Crippen LogP contribution in [0.4, 0.5) is 0 Å². The molecule has 0 aliphatic heterocycles. The van der Waals surface area contributed by atoms with Crippen LogP contribution in [0.5, 0.6) is 0 Å². The van der Waals surface area contributed by atoms with Gasteiger partial charge in [-0.25, -0.2) is 4.79 Å². The number of nitrogens with one attached hydrogen (secondary N) is 1. The van der Waals surface area contributed by atoms with Crippen LogP contribution in [0.1, 0.15) is 64.7 Å². The summed E-state index contributed by atoms with van der Waals surface area (Å²) in [6.45, 7) is 3.27. The smallest absolute Gasteiger partial charge is 0.335 e.